The first-order chi connectivity index (χ1) is 11.2. The second kappa shape index (κ2) is 7.67. The molecule has 2 aliphatic rings. The van der Waals surface area contributed by atoms with Crippen molar-refractivity contribution in [1.29, 1.82) is 0 Å². The van der Waals surface area contributed by atoms with Crippen molar-refractivity contribution >= 4 is 23.2 Å². The van der Waals surface area contributed by atoms with Gasteiger partial charge in [-0.25, -0.2) is 0 Å². The van der Waals surface area contributed by atoms with E-state index in [4.69, 9.17) is 11.6 Å². The van der Waals surface area contributed by atoms with Crippen molar-refractivity contribution in [3.8, 4) is 0 Å². The first kappa shape index (κ1) is 16.8. The van der Waals surface area contributed by atoms with Gasteiger partial charge in [0.15, 0.2) is 0 Å². The maximum atomic E-state index is 13.2. The molecule has 23 heavy (non-hydrogen) atoms. The van der Waals surface area contributed by atoms with Crippen LogP contribution < -0.4 is 10.2 Å². The number of amides is 1. The Morgan fingerprint density at radius 2 is 1.83 bits per heavy atom. The Morgan fingerprint density at radius 3 is 2.48 bits per heavy atom. The molecule has 0 aromatic heterocycles. The van der Waals surface area contributed by atoms with Crippen molar-refractivity contribution < 1.29 is 4.79 Å². The Hall–Kier alpha value is -1.06. The number of likely N-dealkylation sites (N-methyl/N-ethyl adjacent to an activating group) is 1. The van der Waals surface area contributed by atoms with E-state index < -0.39 is 0 Å². The molecule has 0 radical (unpaired) electrons. The van der Waals surface area contributed by atoms with Crippen LogP contribution in [0, 0.1) is 5.92 Å². The van der Waals surface area contributed by atoms with Crippen LogP contribution in [0.1, 0.15) is 44.9 Å². The monoisotopic (exact) mass is 334 g/mol. The predicted octanol–water partition coefficient (Wildman–Crippen LogP) is 3.96. The minimum atomic E-state index is 0.0958. The molecule has 2 fully saturated rings. The Balaban J connectivity index is 1.88. The highest BCUT2D eigenvalue weighted by Gasteiger charge is 2.40. The fourth-order valence-corrected chi connectivity index (χ4v) is 4.38. The summed E-state index contributed by atoms with van der Waals surface area (Å²) in [6, 6.07) is 10.8. The minimum absolute atomic E-state index is 0.0958. The van der Waals surface area contributed by atoms with Gasteiger partial charge in [0.05, 0.1) is 6.04 Å². The first-order valence-corrected chi connectivity index (χ1v) is 9.34. The maximum absolute atomic E-state index is 13.2. The Morgan fingerprint density at radius 1 is 1.13 bits per heavy atom. The summed E-state index contributed by atoms with van der Waals surface area (Å²) in [5.74, 6) is 0.360. The van der Waals surface area contributed by atoms with Crippen LogP contribution in [0.15, 0.2) is 30.3 Å². The molecular formula is C19H27ClN2O. The molecule has 2 unspecified atom stereocenters. The average Bonchev–Trinajstić information content (AvgIpc) is 2.78. The topological polar surface area (TPSA) is 32.3 Å². The maximum Gasteiger partial charge on any atom is 0.230 e. The molecule has 0 aliphatic heterocycles. The van der Waals surface area contributed by atoms with Crippen LogP contribution in [-0.4, -0.2) is 30.4 Å². The number of nitrogens with one attached hydrogen (secondary N) is 1. The standard InChI is InChI=1S/C19H27ClN2O/c1-21-17-10-6-3-7-11-18(17)22(16-8-4-2-5-9-16)19(23)14-12-15(20)13-14/h2,4-5,8-9,14-15,17-18,21H,3,6-7,10-13H2,1H3. The molecule has 0 saturated heterocycles. The van der Waals surface area contributed by atoms with Gasteiger partial charge >= 0.3 is 0 Å². The number of rotatable bonds is 4. The average molecular weight is 335 g/mol. The van der Waals surface area contributed by atoms with Gasteiger partial charge in [0.25, 0.3) is 0 Å². The molecule has 2 atom stereocenters. The van der Waals surface area contributed by atoms with E-state index in [-0.39, 0.29) is 23.2 Å². The Bertz CT molecular complexity index is 515. The van der Waals surface area contributed by atoms with Gasteiger partial charge in [-0.1, -0.05) is 37.5 Å². The summed E-state index contributed by atoms with van der Waals surface area (Å²) < 4.78 is 0. The molecule has 0 bridgehead atoms. The summed E-state index contributed by atoms with van der Waals surface area (Å²) in [7, 11) is 2.02. The van der Waals surface area contributed by atoms with Gasteiger partial charge in [-0.05, 0) is 44.9 Å². The number of carbonyl (C=O) groups excluding carboxylic acids is 1. The van der Waals surface area contributed by atoms with E-state index in [0.717, 1.165) is 31.4 Å². The van der Waals surface area contributed by atoms with E-state index in [0.29, 0.717) is 6.04 Å². The number of nitrogens with zero attached hydrogens (tertiary/aromatic N) is 1. The summed E-state index contributed by atoms with van der Waals surface area (Å²) in [4.78, 5) is 15.3. The fourth-order valence-electron chi connectivity index (χ4n) is 3.95. The largest absolute Gasteiger partial charge is 0.315 e. The number of benzene rings is 1. The second-order valence-corrected chi connectivity index (χ2v) is 7.53. The second-order valence-electron chi connectivity index (χ2n) is 6.91. The number of carbonyl (C=O) groups is 1. The zero-order chi connectivity index (χ0) is 16.2. The first-order valence-electron chi connectivity index (χ1n) is 8.90. The number of para-hydroxylation sites is 1. The van der Waals surface area contributed by atoms with Crippen molar-refractivity contribution in [2.24, 2.45) is 5.92 Å². The molecule has 0 spiro atoms. The lowest BCUT2D eigenvalue weighted by atomic mass is 9.82. The smallest absolute Gasteiger partial charge is 0.230 e. The number of anilines is 1. The summed E-state index contributed by atoms with van der Waals surface area (Å²) in [6.07, 6.45) is 7.55. The third-order valence-corrected chi connectivity index (χ3v) is 5.74. The number of halogens is 1. The summed E-state index contributed by atoms with van der Waals surface area (Å²) in [5.41, 5.74) is 1.03. The third kappa shape index (κ3) is 3.72. The van der Waals surface area contributed by atoms with Gasteiger partial charge in [0.1, 0.15) is 0 Å². The van der Waals surface area contributed by atoms with E-state index in [1.165, 1.54) is 19.3 Å². The predicted molar refractivity (Wildman–Crippen MR) is 96.0 cm³/mol. The quantitative estimate of drug-likeness (QED) is 0.667. The number of hydrogen-bond acceptors (Lipinski definition) is 2. The van der Waals surface area contributed by atoms with Crippen molar-refractivity contribution in [3.63, 3.8) is 0 Å². The summed E-state index contributed by atoms with van der Waals surface area (Å²) >= 11 is 6.12. The lowest BCUT2D eigenvalue weighted by Gasteiger charge is -2.41. The van der Waals surface area contributed by atoms with Gasteiger partial charge in [-0.3, -0.25) is 4.79 Å². The molecule has 2 saturated carbocycles. The molecular weight excluding hydrogens is 308 g/mol. The van der Waals surface area contributed by atoms with E-state index in [2.05, 4.69) is 22.3 Å². The van der Waals surface area contributed by atoms with Gasteiger partial charge in [-0.2, -0.15) is 0 Å². The molecule has 1 N–H and O–H groups in total. The number of hydrogen-bond donors (Lipinski definition) is 1. The third-order valence-electron chi connectivity index (χ3n) is 5.38. The van der Waals surface area contributed by atoms with Crippen LogP contribution in [0.3, 0.4) is 0 Å². The lowest BCUT2D eigenvalue weighted by molar-refractivity contribution is -0.125. The van der Waals surface area contributed by atoms with Gasteiger partial charge < -0.3 is 10.2 Å². The zero-order valence-electron chi connectivity index (χ0n) is 13.9. The molecule has 1 aromatic rings. The highest BCUT2D eigenvalue weighted by Crippen LogP contribution is 2.36. The molecule has 3 rings (SSSR count). The van der Waals surface area contributed by atoms with E-state index in [1.807, 2.05) is 25.2 Å². The highest BCUT2D eigenvalue weighted by atomic mass is 35.5. The van der Waals surface area contributed by atoms with E-state index in [1.54, 1.807) is 0 Å². The van der Waals surface area contributed by atoms with Crippen LogP contribution in [0.4, 0.5) is 5.69 Å². The van der Waals surface area contributed by atoms with E-state index >= 15 is 0 Å². The molecule has 2 aliphatic carbocycles. The van der Waals surface area contributed by atoms with E-state index in [9.17, 15) is 4.79 Å². The molecule has 3 nitrogen and oxygen atoms in total. The minimum Gasteiger partial charge on any atom is -0.315 e. The summed E-state index contributed by atoms with van der Waals surface area (Å²) in [6.45, 7) is 0. The Labute approximate surface area is 144 Å². The van der Waals surface area contributed by atoms with Crippen molar-refractivity contribution in [3.05, 3.63) is 30.3 Å². The molecule has 1 aromatic carbocycles. The lowest BCUT2D eigenvalue weighted by Crippen LogP contribution is -2.54. The Kier molecular flexibility index (Phi) is 5.60. The van der Waals surface area contributed by atoms with Crippen molar-refractivity contribution in [1.82, 2.24) is 5.32 Å². The fraction of sp³-hybridized carbons (Fsp3) is 0.632. The normalized spacial score (nSPS) is 31.0. The molecule has 0 heterocycles. The van der Waals surface area contributed by atoms with Crippen LogP contribution in [0.5, 0.6) is 0 Å². The molecule has 4 heteroatoms. The van der Waals surface area contributed by atoms with Crippen LogP contribution in [-0.2, 0) is 4.79 Å². The van der Waals surface area contributed by atoms with Crippen LogP contribution >= 0.6 is 11.6 Å². The SMILES string of the molecule is CNC1CCCCCC1N(C(=O)C1CC(Cl)C1)c1ccccc1. The number of alkyl halides is 1. The zero-order valence-corrected chi connectivity index (χ0v) is 14.6. The van der Waals surface area contributed by atoms with Crippen molar-refractivity contribution in [2.75, 3.05) is 11.9 Å². The molecule has 1 amide bonds. The highest BCUT2D eigenvalue weighted by molar-refractivity contribution is 6.21. The van der Waals surface area contributed by atoms with Crippen LogP contribution in [0.2, 0.25) is 0 Å². The van der Waals surface area contributed by atoms with Gasteiger partial charge in [-0.15, -0.1) is 11.6 Å². The van der Waals surface area contributed by atoms with Gasteiger partial charge in [0.2, 0.25) is 5.91 Å². The molecule has 126 valence electrons. The van der Waals surface area contributed by atoms with Crippen LogP contribution in [0.25, 0.3) is 0 Å². The van der Waals surface area contributed by atoms with Gasteiger partial charge in [0, 0.05) is 23.0 Å². The van der Waals surface area contributed by atoms with Crippen molar-refractivity contribution in [2.45, 2.75) is 62.4 Å². The summed E-state index contributed by atoms with van der Waals surface area (Å²) in [5, 5.41) is 3.64.